The maximum absolute atomic E-state index is 4.42. The molecular formula is C8H12N2. The minimum atomic E-state index is 0.568. The van der Waals surface area contributed by atoms with Gasteiger partial charge in [0.2, 0.25) is 0 Å². The third-order valence-corrected chi connectivity index (χ3v) is 2.07. The van der Waals surface area contributed by atoms with Crippen LogP contribution in [0.2, 0.25) is 0 Å². The third kappa shape index (κ3) is 0.991. The first-order valence-corrected chi connectivity index (χ1v) is 3.91. The summed E-state index contributed by atoms with van der Waals surface area (Å²) in [6.45, 7) is 2.04. The first-order chi connectivity index (χ1) is 4.97. The van der Waals surface area contributed by atoms with E-state index in [1.165, 1.54) is 18.6 Å². The van der Waals surface area contributed by atoms with Crippen LogP contribution in [0.4, 0.5) is 0 Å². The van der Waals surface area contributed by atoms with Gasteiger partial charge in [0.15, 0.2) is 0 Å². The van der Waals surface area contributed by atoms with Gasteiger partial charge in [-0.3, -0.25) is 4.99 Å². The Labute approximate surface area is 61.0 Å². The molecule has 2 heteroatoms. The van der Waals surface area contributed by atoms with E-state index in [4.69, 9.17) is 0 Å². The SMILES string of the molecule is C1=CC2=NCCCC2NC1. The van der Waals surface area contributed by atoms with E-state index in [0.717, 1.165) is 13.1 Å². The minimum Gasteiger partial charge on any atom is -0.305 e. The second-order valence-electron chi connectivity index (χ2n) is 2.81. The van der Waals surface area contributed by atoms with E-state index < -0.39 is 0 Å². The Balaban J connectivity index is 2.21. The van der Waals surface area contributed by atoms with Crippen LogP contribution in [-0.2, 0) is 0 Å². The summed E-state index contributed by atoms with van der Waals surface area (Å²) in [5.74, 6) is 0. The third-order valence-electron chi connectivity index (χ3n) is 2.07. The Bertz CT molecular complexity index is 182. The van der Waals surface area contributed by atoms with E-state index in [1.807, 2.05) is 0 Å². The van der Waals surface area contributed by atoms with Gasteiger partial charge in [0.1, 0.15) is 0 Å². The highest BCUT2D eigenvalue weighted by Gasteiger charge is 2.17. The highest BCUT2D eigenvalue weighted by Crippen LogP contribution is 2.10. The Morgan fingerprint density at radius 2 is 2.60 bits per heavy atom. The number of rotatable bonds is 0. The molecule has 0 radical (unpaired) electrons. The Morgan fingerprint density at radius 3 is 3.50 bits per heavy atom. The van der Waals surface area contributed by atoms with Crippen molar-refractivity contribution in [2.45, 2.75) is 18.9 Å². The van der Waals surface area contributed by atoms with Gasteiger partial charge in [-0.05, 0) is 18.9 Å². The van der Waals surface area contributed by atoms with Crippen molar-refractivity contribution in [3.05, 3.63) is 12.2 Å². The molecule has 2 aliphatic rings. The Hall–Kier alpha value is -0.630. The molecule has 0 aromatic heterocycles. The molecule has 54 valence electrons. The largest absolute Gasteiger partial charge is 0.305 e. The molecular weight excluding hydrogens is 124 g/mol. The second kappa shape index (κ2) is 2.54. The predicted molar refractivity (Wildman–Crippen MR) is 42.5 cm³/mol. The fourth-order valence-electron chi connectivity index (χ4n) is 1.53. The van der Waals surface area contributed by atoms with Gasteiger partial charge in [-0.15, -0.1) is 0 Å². The van der Waals surface area contributed by atoms with Crippen molar-refractivity contribution in [1.29, 1.82) is 0 Å². The van der Waals surface area contributed by atoms with Crippen LogP contribution in [0.3, 0.4) is 0 Å². The van der Waals surface area contributed by atoms with E-state index in [2.05, 4.69) is 22.5 Å². The zero-order valence-corrected chi connectivity index (χ0v) is 6.01. The summed E-state index contributed by atoms with van der Waals surface area (Å²) in [7, 11) is 0. The number of fused-ring (bicyclic) bond motifs is 1. The molecule has 2 rings (SSSR count). The van der Waals surface area contributed by atoms with Gasteiger partial charge in [-0.2, -0.15) is 0 Å². The molecule has 1 N–H and O–H groups in total. The smallest absolute Gasteiger partial charge is 0.0515 e. The average Bonchev–Trinajstić information content (AvgIpc) is 2.05. The molecule has 10 heavy (non-hydrogen) atoms. The topological polar surface area (TPSA) is 24.4 Å². The van der Waals surface area contributed by atoms with Crippen LogP contribution < -0.4 is 5.32 Å². The van der Waals surface area contributed by atoms with E-state index in [9.17, 15) is 0 Å². The lowest BCUT2D eigenvalue weighted by Crippen LogP contribution is -2.40. The molecule has 0 saturated heterocycles. The molecule has 0 bridgehead atoms. The molecule has 0 fully saturated rings. The standard InChI is InChI=1S/C8H12N2/c1-3-7-8(9-5-1)4-2-6-10-7/h1,3,8-9H,2,4-6H2. The monoisotopic (exact) mass is 136 g/mol. The molecule has 0 amide bonds. The number of hydrogen-bond donors (Lipinski definition) is 1. The summed E-state index contributed by atoms with van der Waals surface area (Å²) in [5.41, 5.74) is 1.26. The van der Waals surface area contributed by atoms with E-state index >= 15 is 0 Å². The molecule has 1 unspecified atom stereocenters. The van der Waals surface area contributed by atoms with Gasteiger partial charge < -0.3 is 5.32 Å². The first-order valence-electron chi connectivity index (χ1n) is 3.91. The van der Waals surface area contributed by atoms with E-state index in [-0.39, 0.29) is 0 Å². The number of aliphatic imine (C=N–C) groups is 1. The first kappa shape index (κ1) is 6.10. The van der Waals surface area contributed by atoms with Crippen molar-refractivity contribution < 1.29 is 0 Å². The van der Waals surface area contributed by atoms with Gasteiger partial charge in [0.05, 0.1) is 5.71 Å². The van der Waals surface area contributed by atoms with Crippen molar-refractivity contribution >= 4 is 5.71 Å². The molecule has 0 spiro atoms. The zero-order valence-electron chi connectivity index (χ0n) is 6.01. The predicted octanol–water partition coefficient (Wildman–Crippen LogP) is 0.749. The summed E-state index contributed by atoms with van der Waals surface area (Å²) in [4.78, 5) is 4.42. The van der Waals surface area contributed by atoms with E-state index in [0.29, 0.717) is 6.04 Å². The van der Waals surface area contributed by atoms with Crippen LogP contribution in [0.5, 0.6) is 0 Å². The van der Waals surface area contributed by atoms with Crippen molar-refractivity contribution in [3.63, 3.8) is 0 Å². The maximum Gasteiger partial charge on any atom is 0.0515 e. The van der Waals surface area contributed by atoms with Crippen LogP contribution in [-0.4, -0.2) is 24.8 Å². The van der Waals surface area contributed by atoms with Gasteiger partial charge in [-0.1, -0.05) is 6.08 Å². The molecule has 0 saturated carbocycles. The van der Waals surface area contributed by atoms with Crippen molar-refractivity contribution in [3.8, 4) is 0 Å². The van der Waals surface area contributed by atoms with Crippen LogP contribution in [0, 0.1) is 0 Å². The molecule has 2 heterocycles. The van der Waals surface area contributed by atoms with Gasteiger partial charge >= 0.3 is 0 Å². The fraction of sp³-hybridized carbons (Fsp3) is 0.625. The quantitative estimate of drug-likeness (QED) is 0.522. The number of nitrogens with zero attached hydrogens (tertiary/aromatic N) is 1. The van der Waals surface area contributed by atoms with Gasteiger partial charge in [-0.25, -0.2) is 0 Å². The summed E-state index contributed by atoms with van der Waals surface area (Å²) < 4.78 is 0. The average molecular weight is 136 g/mol. The summed E-state index contributed by atoms with van der Waals surface area (Å²) >= 11 is 0. The Kier molecular flexibility index (Phi) is 1.55. The lowest BCUT2D eigenvalue weighted by molar-refractivity contribution is 0.565. The molecule has 0 aromatic carbocycles. The lowest BCUT2D eigenvalue weighted by Gasteiger charge is -2.24. The highest BCUT2D eigenvalue weighted by atomic mass is 15.0. The molecule has 0 aliphatic carbocycles. The second-order valence-corrected chi connectivity index (χ2v) is 2.81. The summed E-state index contributed by atoms with van der Waals surface area (Å²) in [6.07, 6.45) is 6.80. The van der Waals surface area contributed by atoms with Crippen molar-refractivity contribution in [2.24, 2.45) is 4.99 Å². The molecule has 0 aromatic rings. The van der Waals surface area contributed by atoms with Gasteiger partial charge in [0.25, 0.3) is 0 Å². The highest BCUT2D eigenvalue weighted by molar-refractivity contribution is 6.00. The van der Waals surface area contributed by atoms with Gasteiger partial charge in [0, 0.05) is 19.1 Å². The number of hydrogen-bond acceptors (Lipinski definition) is 2. The van der Waals surface area contributed by atoms with Crippen LogP contribution in [0.1, 0.15) is 12.8 Å². The van der Waals surface area contributed by atoms with Crippen LogP contribution >= 0.6 is 0 Å². The van der Waals surface area contributed by atoms with Crippen LogP contribution in [0.15, 0.2) is 17.1 Å². The summed E-state index contributed by atoms with van der Waals surface area (Å²) in [6, 6.07) is 0.568. The number of nitrogens with one attached hydrogen (secondary N) is 1. The zero-order chi connectivity index (χ0) is 6.81. The van der Waals surface area contributed by atoms with Crippen molar-refractivity contribution in [2.75, 3.05) is 13.1 Å². The van der Waals surface area contributed by atoms with Crippen LogP contribution in [0.25, 0.3) is 0 Å². The summed E-state index contributed by atoms with van der Waals surface area (Å²) in [5, 5.41) is 3.40. The fourth-order valence-corrected chi connectivity index (χ4v) is 1.53. The lowest BCUT2D eigenvalue weighted by atomic mass is 10.0. The molecule has 1 atom stereocenters. The normalized spacial score (nSPS) is 31.2. The van der Waals surface area contributed by atoms with E-state index in [1.54, 1.807) is 0 Å². The molecule has 2 aliphatic heterocycles. The maximum atomic E-state index is 4.42. The minimum absolute atomic E-state index is 0.568. The molecule has 2 nitrogen and oxygen atoms in total. The Morgan fingerprint density at radius 1 is 1.60 bits per heavy atom. The van der Waals surface area contributed by atoms with Crippen molar-refractivity contribution in [1.82, 2.24) is 5.32 Å².